The fourth-order valence-corrected chi connectivity index (χ4v) is 3.09. The van der Waals surface area contributed by atoms with Crippen LogP contribution in [0.25, 0.3) is 10.9 Å². The van der Waals surface area contributed by atoms with Gasteiger partial charge in [-0.1, -0.05) is 6.07 Å². The van der Waals surface area contributed by atoms with E-state index in [2.05, 4.69) is 4.98 Å². The number of nitrogens with zero attached hydrogens (tertiary/aromatic N) is 1. The number of methoxy groups -OCH3 is 1. The van der Waals surface area contributed by atoms with E-state index in [-0.39, 0.29) is 5.91 Å². The lowest BCUT2D eigenvalue weighted by molar-refractivity contribution is 0.0780. The van der Waals surface area contributed by atoms with E-state index in [9.17, 15) is 4.79 Å². The summed E-state index contributed by atoms with van der Waals surface area (Å²) in [6.07, 6.45) is 0. The van der Waals surface area contributed by atoms with Crippen LogP contribution in [0, 0.1) is 0 Å². The van der Waals surface area contributed by atoms with Crippen molar-refractivity contribution in [3.8, 4) is 17.2 Å². The summed E-state index contributed by atoms with van der Waals surface area (Å²) in [5.41, 5.74) is 2.41. The molecule has 3 aromatic rings. The first kappa shape index (κ1) is 16.3. The molecule has 2 heterocycles. The van der Waals surface area contributed by atoms with E-state index < -0.39 is 0 Å². The number of nitrogens with one attached hydrogen (secondary N) is 1. The number of ether oxygens (including phenoxy) is 3. The zero-order valence-electron chi connectivity index (χ0n) is 14.7. The van der Waals surface area contributed by atoms with E-state index in [4.69, 9.17) is 14.2 Å². The monoisotopic (exact) mass is 352 g/mol. The second-order valence-corrected chi connectivity index (χ2v) is 6.28. The molecular formula is C20H20N2O4. The standard InChI is InChI=1S/C20H20N2O4/c1-22(12-13-3-6-18-19(9-13)26-8-7-25-18)20(23)17-10-14-4-5-15(24-2)11-16(14)21-17/h3-6,9-11,21H,7-8,12H2,1-2H3. The maximum atomic E-state index is 12.8. The largest absolute Gasteiger partial charge is 0.497 e. The Morgan fingerprint density at radius 2 is 1.92 bits per heavy atom. The second kappa shape index (κ2) is 6.63. The molecule has 6 nitrogen and oxygen atoms in total. The van der Waals surface area contributed by atoms with Crippen molar-refractivity contribution in [3.05, 3.63) is 53.7 Å². The predicted octanol–water partition coefficient (Wildman–Crippen LogP) is 3.22. The number of benzene rings is 2. The molecule has 0 atom stereocenters. The highest BCUT2D eigenvalue weighted by molar-refractivity contribution is 5.98. The molecule has 2 aromatic carbocycles. The molecule has 0 saturated heterocycles. The van der Waals surface area contributed by atoms with Gasteiger partial charge < -0.3 is 24.1 Å². The molecule has 26 heavy (non-hydrogen) atoms. The van der Waals surface area contributed by atoms with Gasteiger partial charge in [0.2, 0.25) is 0 Å². The maximum Gasteiger partial charge on any atom is 0.270 e. The Morgan fingerprint density at radius 1 is 1.12 bits per heavy atom. The Kier molecular flexibility index (Phi) is 4.16. The Bertz CT molecular complexity index is 964. The topological polar surface area (TPSA) is 63.8 Å². The van der Waals surface area contributed by atoms with Gasteiger partial charge in [-0.3, -0.25) is 4.79 Å². The highest BCUT2D eigenvalue weighted by Gasteiger charge is 2.17. The minimum Gasteiger partial charge on any atom is -0.497 e. The minimum absolute atomic E-state index is 0.0740. The molecule has 1 N–H and O–H groups in total. The highest BCUT2D eigenvalue weighted by Crippen LogP contribution is 2.31. The Morgan fingerprint density at radius 3 is 2.73 bits per heavy atom. The molecule has 6 heteroatoms. The van der Waals surface area contributed by atoms with Crippen LogP contribution < -0.4 is 14.2 Å². The van der Waals surface area contributed by atoms with Crippen LogP contribution in [-0.2, 0) is 6.54 Å². The SMILES string of the molecule is COc1ccc2cc(C(=O)N(C)Cc3ccc4c(c3)OCCO4)[nH]c2c1. The lowest BCUT2D eigenvalue weighted by Gasteiger charge is -2.21. The van der Waals surface area contributed by atoms with Crippen LogP contribution in [0.4, 0.5) is 0 Å². The van der Waals surface area contributed by atoms with Gasteiger partial charge in [0.25, 0.3) is 5.91 Å². The molecule has 0 fully saturated rings. The van der Waals surface area contributed by atoms with Crippen molar-refractivity contribution in [2.24, 2.45) is 0 Å². The Labute approximate surface area is 151 Å². The van der Waals surface area contributed by atoms with Crippen LogP contribution in [0.5, 0.6) is 17.2 Å². The fraction of sp³-hybridized carbons (Fsp3) is 0.250. The van der Waals surface area contributed by atoms with Crippen molar-refractivity contribution >= 4 is 16.8 Å². The lowest BCUT2D eigenvalue weighted by atomic mass is 10.1. The summed E-state index contributed by atoms with van der Waals surface area (Å²) in [4.78, 5) is 17.6. The fourth-order valence-electron chi connectivity index (χ4n) is 3.09. The highest BCUT2D eigenvalue weighted by atomic mass is 16.6. The average Bonchev–Trinajstić information content (AvgIpc) is 3.10. The van der Waals surface area contributed by atoms with Crippen LogP contribution in [-0.4, -0.2) is 43.2 Å². The van der Waals surface area contributed by atoms with Crippen molar-refractivity contribution in [1.82, 2.24) is 9.88 Å². The van der Waals surface area contributed by atoms with Gasteiger partial charge in [-0.15, -0.1) is 0 Å². The summed E-state index contributed by atoms with van der Waals surface area (Å²) in [5, 5.41) is 0.974. The molecule has 0 aliphatic carbocycles. The zero-order chi connectivity index (χ0) is 18.1. The molecule has 0 radical (unpaired) electrons. The summed E-state index contributed by atoms with van der Waals surface area (Å²) >= 11 is 0. The lowest BCUT2D eigenvalue weighted by Crippen LogP contribution is -2.26. The molecule has 1 aliphatic rings. The summed E-state index contributed by atoms with van der Waals surface area (Å²) in [7, 11) is 3.41. The van der Waals surface area contributed by atoms with Crippen LogP contribution in [0.2, 0.25) is 0 Å². The van der Waals surface area contributed by atoms with Crippen molar-refractivity contribution in [3.63, 3.8) is 0 Å². The number of amides is 1. The first-order valence-corrected chi connectivity index (χ1v) is 8.45. The maximum absolute atomic E-state index is 12.8. The van der Waals surface area contributed by atoms with Crippen molar-refractivity contribution in [1.29, 1.82) is 0 Å². The van der Waals surface area contributed by atoms with E-state index in [0.717, 1.165) is 33.7 Å². The van der Waals surface area contributed by atoms with E-state index >= 15 is 0 Å². The average molecular weight is 352 g/mol. The number of rotatable bonds is 4. The van der Waals surface area contributed by atoms with E-state index in [1.807, 2.05) is 42.5 Å². The summed E-state index contributed by atoms with van der Waals surface area (Å²) < 4.78 is 16.4. The van der Waals surface area contributed by atoms with Gasteiger partial charge in [0, 0.05) is 30.6 Å². The molecular weight excluding hydrogens is 332 g/mol. The van der Waals surface area contributed by atoms with Gasteiger partial charge in [-0.25, -0.2) is 0 Å². The van der Waals surface area contributed by atoms with Gasteiger partial charge in [-0.2, -0.15) is 0 Å². The van der Waals surface area contributed by atoms with Gasteiger partial charge in [0.1, 0.15) is 24.7 Å². The number of carbonyl (C=O) groups excluding carboxylic acids is 1. The van der Waals surface area contributed by atoms with E-state index in [1.54, 1.807) is 19.1 Å². The molecule has 1 amide bonds. The number of hydrogen-bond acceptors (Lipinski definition) is 4. The predicted molar refractivity (Wildman–Crippen MR) is 98.1 cm³/mol. The normalized spacial score (nSPS) is 12.8. The number of carbonyl (C=O) groups is 1. The first-order valence-electron chi connectivity index (χ1n) is 8.45. The van der Waals surface area contributed by atoms with Gasteiger partial charge in [0.05, 0.1) is 7.11 Å². The number of hydrogen-bond donors (Lipinski definition) is 1. The summed E-state index contributed by atoms with van der Waals surface area (Å²) in [5.74, 6) is 2.16. The number of aromatic amines is 1. The quantitative estimate of drug-likeness (QED) is 0.783. The second-order valence-electron chi connectivity index (χ2n) is 6.28. The first-order chi connectivity index (χ1) is 12.6. The minimum atomic E-state index is -0.0740. The molecule has 1 aromatic heterocycles. The van der Waals surface area contributed by atoms with Crippen LogP contribution in [0.3, 0.4) is 0 Å². The Hall–Kier alpha value is -3.15. The van der Waals surface area contributed by atoms with Crippen LogP contribution in [0.1, 0.15) is 16.1 Å². The van der Waals surface area contributed by atoms with E-state index in [1.165, 1.54) is 0 Å². The van der Waals surface area contributed by atoms with Gasteiger partial charge >= 0.3 is 0 Å². The van der Waals surface area contributed by atoms with Crippen molar-refractivity contribution in [2.45, 2.75) is 6.54 Å². The van der Waals surface area contributed by atoms with Gasteiger partial charge in [0.15, 0.2) is 11.5 Å². The number of H-pyrrole nitrogens is 1. The third kappa shape index (κ3) is 3.06. The third-order valence-electron chi connectivity index (χ3n) is 4.43. The number of aromatic nitrogens is 1. The smallest absolute Gasteiger partial charge is 0.270 e. The van der Waals surface area contributed by atoms with Crippen LogP contribution >= 0.6 is 0 Å². The Balaban J connectivity index is 1.52. The molecule has 1 aliphatic heterocycles. The zero-order valence-corrected chi connectivity index (χ0v) is 14.7. The van der Waals surface area contributed by atoms with Gasteiger partial charge in [-0.05, 0) is 35.9 Å². The van der Waals surface area contributed by atoms with Crippen LogP contribution in [0.15, 0.2) is 42.5 Å². The molecule has 0 saturated carbocycles. The number of fused-ring (bicyclic) bond motifs is 2. The third-order valence-corrected chi connectivity index (χ3v) is 4.43. The molecule has 0 unspecified atom stereocenters. The summed E-state index contributed by atoms with van der Waals surface area (Å²) in [6.45, 7) is 1.59. The van der Waals surface area contributed by atoms with Crippen molar-refractivity contribution < 1.29 is 19.0 Å². The van der Waals surface area contributed by atoms with E-state index in [0.29, 0.717) is 25.5 Å². The molecule has 0 bridgehead atoms. The molecule has 0 spiro atoms. The van der Waals surface area contributed by atoms with Crippen molar-refractivity contribution in [2.75, 3.05) is 27.4 Å². The molecule has 4 rings (SSSR count). The summed E-state index contributed by atoms with van der Waals surface area (Å²) in [6, 6.07) is 13.3. The molecule has 134 valence electrons.